The Morgan fingerprint density at radius 1 is 1.18 bits per heavy atom. The number of carbonyl (C=O) groups is 1. The van der Waals surface area contributed by atoms with Gasteiger partial charge in [-0.2, -0.15) is 5.10 Å². The number of nitrogens with zero attached hydrogens (tertiary/aromatic N) is 1. The fraction of sp³-hybridized carbons (Fsp3) is 0.0667. The summed E-state index contributed by atoms with van der Waals surface area (Å²) in [5.74, 6) is -0.542. The number of rotatable bonds is 4. The molecule has 0 aliphatic rings. The normalized spacial score (nSPS) is 12.3. The molecule has 5 nitrogen and oxygen atoms in total. The fourth-order valence-corrected chi connectivity index (χ4v) is 2.90. The van der Waals surface area contributed by atoms with Crippen molar-refractivity contribution in [1.82, 2.24) is 5.43 Å². The average molecular weight is 428 g/mol. The van der Waals surface area contributed by atoms with Gasteiger partial charge in [0.2, 0.25) is 0 Å². The van der Waals surface area contributed by atoms with E-state index in [1.807, 2.05) is 0 Å². The smallest absolute Gasteiger partial charge is 0.273 e. The SMILES string of the molecule is O=C(N/N=C/c1cc(Br)c(O)c(Br)c1)C(O)c1ccccc1. The molecule has 7 heteroatoms. The van der Waals surface area contributed by atoms with E-state index < -0.39 is 12.0 Å². The molecule has 22 heavy (non-hydrogen) atoms. The highest BCUT2D eigenvalue weighted by Gasteiger charge is 2.15. The highest BCUT2D eigenvalue weighted by Crippen LogP contribution is 2.32. The average Bonchev–Trinajstić information content (AvgIpc) is 2.52. The summed E-state index contributed by atoms with van der Waals surface area (Å²) in [7, 11) is 0. The van der Waals surface area contributed by atoms with Crippen molar-refractivity contribution < 1.29 is 15.0 Å². The van der Waals surface area contributed by atoms with Crippen LogP contribution in [-0.4, -0.2) is 22.3 Å². The Bertz CT molecular complexity index is 682. The second-order valence-electron chi connectivity index (χ2n) is 4.38. The third-order valence-electron chi connectivity index (χ3n) is 2.79. The molecule has 0 saturated carbocycles. The number of carbonyl (C=O) groups excluding carboxylic acids is 1. The van der Waals surface area contributed by atoms with Gasteiger partial charge in [-0.15, -0.1) is 0 Å². The third-order valence-corrected chi connectivity index (χ3v) is 4.00. The second-order valence-corrected chi connectivity index (χ2v) is 6.09. The minimum Gasteiger partial charge on any atom is -0.506 e. The zero-order chi connectivity index (χ0) is 16.1. The number of hydrogen-bond donors (Lipinski definition) is 3. The molecule has 2 rings (SSSR count). The summed E-state index contributed by atoms with van der Waals surface area (Å²) in [6.07, 6.45) is 0.126. The zero-order valence-electron chi connectivity index (χ0n) is 11.2. The number of aliphatic hydroxyl groups excluding tert-OH is 1. The van der Waals surface area contributed by atoms with Crippen LogP contribution in [0.25, 0.3) is 0 Å². The lowest BCUT2D eigenvalue weighted by Gasteiger charge is -2.08. The predicted molar refractivity (Wildman–Crippen MR) is 90.6 cm³/mol. The molecule has 0 aliphatic heterocycles. The summed E-state index contributed by atoms with van der Waals surface area (Å²) in [6.45, 7) is 0. The molecule has 0 aliphatic carbocycles. The van der Waals surface area contributed by atoms with Crippen molar-refractivity contribution in [3.8, 4) is 5.75 Å². The number of benzene rings is 2. The summed E-state index contributed by atoms with van der Waals surface area (Å²) < 4.78 is 0.998. The minimum absolute atomic E-state index is 0.0840. The number of aromatic hydroxyl groups is 1. The summed E-state index contributed by atoms with van der Waals surface area (Å²) in [4.78, 5) is 11.8. The van der Waals surface area contributed by atoms with E-state index in [0.717, 1.165) is 0 Å². The molecule has 1 unspecified atom stereocenters. The lowest BCUT2D eigenvalue weighted by Crippen LogP contribution is -2.25. The van der Waals surface area contributed by atoms with Gasteiger partial charge in [0.05, 0.1) is 15.2 Å². The summed E-state index contributed by atoms with van der Waals surface area (Å²) in [5, 5.41) is 23.3. The van der Waals surface area contributed by atoms with Crippen molar-refractivity contribution in [3.63, 3.8) is 0 Å². The van der Waals surface area contributed by atoms with E-state index >= 15 is 0 Å². The summed E-state index contributed by atoms with van der Waals surface area (Å²) in [5.41, 5.74) is 3.42. The molecule has 0 saturated heterocycles. The molecular weight excluding hydrogens is 416 g/mol. The van der Waals surface area contributed by atoms with Gasteiger partial charge in [0, 0.05) is 0 Å². The molecule has 1 atom stereocenters. The molecule has 1 amide bonds. The number of phenolic OH excluding ortho intramolecular Hbond substituents is 1. The quantitative estimate of drug-likeness (QED) is 0.518. The van der Waals surface area contributed by atoms with Crippen LogP contribution in [0.5, 0.6) is 5.75 Å². The van der Waals surface area contributed by atoms with Gasteiger partial charge in [-0.1, -0.05) is 30.3 Å². The Kier molecular flexibility index (Phi) is 5.70. The van der Waals surface area contributed by atoms with Gasteiger partial charge in [-0.25, -0.2) is 5.43 Å². The van der Waals surface area contributed by atoms with E-state index in [2.05, 4.69) is 42.4 Å². The standard InChI is InChI=1S/C15H12Br2N2O3/c16-11-6-9(7-12(17)14(11)21)8-18-19-15(22)13(20)10-4-2-1-3-5-10/h1-8,13,20-21H,(H,19,22)/b18-8+. The van der Waals surface area contributed by atoms with Crippen molar-refractivity contribution in [3.05, 3.63) is 62.5 Å². The van der Waals surface area contributed by atoms with Gasteiger partial charge in [0.25, 0.3) is 5.91 Å². The van der Waals surface area contributed by atoms with Crippen LogP contribution in [0, 0.1) is 0 Å². The number of amides is 1. The number of nitrogens with one attached hydrogen (secondary N) is 1. The monoisotopic (exact) mass is 426 g/mol. The molecule has 114 valence electrons. The van der Waals surface area contributed by atoms with Gasteiger partial charge in [-0.3, -0.25) is 4.79 Å². The van der Waals surface area contributed by atoms with E-state index in [0.29, 0.717) is 20.1 Å². The first kappa shape index (κ1) is 16.7. The first-order valence-electron chi connectivity index (χ1n) is 6.23. The molecule has 3 N–H and O–H groups in total. The number of halogens is 2. The Morgan fingerprint density at radius 3 is 2.36 bits per heavy atom. The Morgan fingerprint density at radius 2 is 1.77 bits per heavy atom. The van der Waals surface area contributed by atoms with Crippen LogP contribution >= 0.6 is 31.9 Å². The van der Waals surface area contributed by atoms with Gasteiger partial charge >= 0.3 is 0 Å². The van der Waals surface area contributed by atoms with Crippen molar-refractivity contribution in [2.45, 2.75) is 6.10 Å². The van der Waals surface area contributed by atoms with Crippen molar-refractivity contribution in [2.24, 2.45) is 5.10 Å². The predicted octanol–water partition coefficient (Wildman–Crippen LogP) is 3.10. The van der Waals surface area contributed by atoms with Crippen LogP contribution < -0.4 is 5.43 Å². The van der Waals surface area contributed by atoms with Gasteiger partial charge in [0.1, 0.15) is 5.75 Å². The zero-order valence-corrected chi connectivity index (χ0v) is 14.4. The van der Waals surface area contributed by atoms with Crippen LogP contribution in [-0.2, 0) is 4.79 Å². The molecule has 2 aromatic carbocycles. The Labute approximate surface area is 143 Å². The number of phenols is 1. The van der Waals surface area contributed by atoms with Crippen molar-refractivity contribution in [2.75, 3.05) is 0 Å². The maximum Gasteiger partial charge on any atom is 0.273 e. The van der Waals surface area contributed by atoms with E-state index in [4.69, 9.17) is 0 Å². The minimum atomic E-state index is -1.28. The lowest BCUT2D eigenvalue weighted by molar-refractivity contribution is -0.129. The van der Waals surface area contributed by atoms with Crippen LogP contribution in [0.4, 0.5) is 0 Å². The summed E-state index contributed by atoms with van der Waals surface area (Å²) in [6, 6.07) is 11.9. The molecule has 0 heterocycles. The molecule has 0 aromatic heterocycles. The van der Waals surface area contributed by atoms with E-state index in [1.165, 1.54) is 6.21 Å². The lowest BCUT2D eigenvalue weighted by atomic mass is 10.1. The highest BCUT2D eigenvalue weighted by molar-refractivity contribution is 9.11. The maximum atomic E-state index is 11.8. The number of hydrazone groups is 1. The number of hydrogen-bond acceptors (Lipinski definition) is 4. The Balaban J connectivity index is 2.02. The van der Waals surface area contributed by atoms with E-state index in [1.54, 1.807) is 42.5 Å². The van der Waals surface area contributed by atoms with E-state index in [9.17, 15) is 15.0 Å². The van der Waals surface area contributed by atoms with Gasteiger partial charge in [0.15, 0.2) is 6.10 Å². The van der Waals surface area contributed by atoms with Gasteiger partial charge < -0.3 is 10.2 Å². The first-order valence-corrected chi connectivity index (χ1v) is 7.81. The van der Waals surface area contributed by atoms with E-state index in [-0.39, 0.29) is 5.75 Å². The van der Waals surface area contributed by atoms with Gasteiger partial charge in [-0.05, 0) is 55.1 Å². The molecule has 0 fully saturated rings. The maximum absolute atomic E-state index is 11.8. The first-order chi connectivity index (χ1) is 10.5. The fourth-order valence-electron chi connectivity index (χ4n) is 1.68. The second kappa shape index (κ2) is 7.53. The van der Waals surface area contributed by atoms with Crippen LogP contribution in [0.2, 0.25) is 0 Å². The molecular formula is C15H12Br2N2O3. The number of aliphatic hydroxyl groups is 1. The third kappa shape index (κ3) is 4.16. The van der Waals surface area contributed by atoms with Crippen LogP contribution in [0.3, 0.4) is 0 Å². The topological polar surface area (TPSA) is 81.9 Å². The van der Waals surface area contributed by atoms with Crippen molar-refractivity contribution in [1.29, 1.82) is 0 Å². The largest absolute Gasteiger partial charge is 0.506 e. The molecule has 0 spiro atoms. The van der Waals surface area contributed by atoms with Crippen LogP contribution in [0.1, 0.15) is 17.2 Å². The van der Waals surface area contributed by atoms with Crippen molar-refractivity contribution >= 4 is 44.0 Å². The molecule has 0 bridgehead atoms. The highest BCUT2D eigenvalue weighted by atomic mass is 79.9. The summed E-state index contributed by atoms with van der Waals surface area (Å²) >= 11 is 6.41. The molecule has 0 radical (unpaired) electrons. The Hall–Kier alpha value is -1.70. The molecule has 2 aromatic rings. The van der Waals surface area contributed by atoms with Crippen LogP contribution in [0.15, 0.2) is 56.5 Å².